The zero-order valence-corrected chi connectivity index (χ0v) is 14.2. The zero-order valence-electron chi connectivity index (χ0n) is 10.2. The molecule has 0 heterocycles. The number of hydrogen-bond acceptors (Lipinski definition) is 3. The monoisotopic (exact) mass is 388 g/mol. The van der Waals surface area contributed by atoms with Crippen LogP contribution in [-0.2, 0) is 9.05 Å². The molecular formula is C12H15BrCl2O3S. The van der Waals surface area contributed by atoms with E-state index in [1.165, 1.54) is 0 Å². The van der Waals surface area contributed by atoms with Gasteiger partial charge in [-0.2, -0.15) is 0 Å². The lowest BCUT2D eigenvalue weighted by molar-refractivity contribution is 0.305. The van der Waals surface area contributed by atoms with Crippen molar-refractivity contribution in [1.82, 2.24) is 0 Å². The quantitative estimate of drug-likeness (QED) is 0.481. The Morgan fingerprint density at radius 3 is 2.47 bits per heavy atom. The normalized spacial score (nSPS) is 11.5. The molecule has 0 saturated carbocycles. The van der Waals surface area contributed by atoms with Crippen molar-refractivity contribution in [2.75, 3.05) is 12.4 Å². The maximum atomic E-state index is 10.7. The van der Waals surface area contributed by atoms with Gasteiger partial charge in [-0.25, -0.2) is 8.42 Å². The second kappa shape index (κ2) is 8.35. The van der Waals surface area contributed by atoms with Crippen LogP contribution in [0.5, 0.6) is 5.75 Å². The summed E-state index contributed by atoms with van der Waals surface area (Å²) in [6.45, 7) is 0.564. The van der Waals surface area contributed by atoms with Crippen LogP contribution in [0.4, 0.5) is 0 Å². The van der Waals surface area contributed by atoms with Crippen LogP contribution in [0.1, 0.15) is 25.7 Å². The van der Waals surface area contributed by atoms with Crippen LogP contribution in [-0.4, -0.2) is 20.8 Å². The van der Waals surface area contributed by atoms with E-state index in [9.17, 15) is 8.42 Å². The molecule has 0 spiro atoms. The van der Waals surface area contributed by atoms with Gasteiger partial charge in [-0.1, -0.05) is 40.4 Å². The Hall–Kier alpha value is 0.0300. The summed E-state index contributed by atoms with van der Waals surface area (Å²) < 4.78 is 27.8. The minimum absolute atomic E-state index is 0.0357. The summed E-state index contributed by atoms with van der Waals surface area (Å²) in [4.78, 5) is 0. The molecular weight excluding hydrogens is 375 g/mol. The van der Waals surface area contributed by atoms with Crippen LogP contribution in [0, 0.1) is 0 Å². The standard InChI is InChI=1S/C12H15BrCl2O3S/c13-10-5-6-12(11(14)9-10)18-7-3-1-2-4-8-19(15,16)17/h5-6,9H,1-4,7-8H2. The van der Waals surface area contributed by atoms with E-state index in [4.69, 9.17) is 27.0 Å². The lowest BCUT2D eigenvalue weighted by atomic mass is 10.2. The van der Waals surface area contributed by atoms with Gasteiger partial charge in [-0.15, -0.1) is 0 Å². The summed E-state index contributed by atoms with van der Waals surface area (Å²) in [5.41, 5.74) is 0. The molecule has 0 saturated heterocycles. The highest BCUT2D eigenvalue weighted by Gasteiger charge is 2.04. The molecule has 7 heteroatoms. The summed E-state index contributed by atoms with van der Waals surface area (Å²) in [5, 5.41) is 0.572. The second-order valence-corrected chi connectivity index (χ2v) is 8.30. The van der Waals surface area contributed by atoms with E-state index in [1.54, 1.807) is 6.07 Å². The van der Waals surface area contributed by atoms with E-state index >= 15 is 0 Å². The van der Waals surface area contributed by atoms with E-state index in [0.29, 0.717) is 23.8 Å². The molecule has 0 aromatic heterocycles. The predicted octanol–water partition coefficient (Wildman–Crippen LogP) is 4.61. The van der Waals surface area contributed by atoms with Gasteiger partial charge in [-0.05, 0) is 31.0 Å². The van der Waals surface area contributed by atoms with Crippen LogP contribution in [0.15, 0.2) is 22.7 Å². The topological polar surface area (TPSA) is 43.4 Å². The molecule has 19 heavy (non-hydrogen) atoms. The first-order valence-corrected chi connectivity index (χ1v) is 9.53. The molecule has 1 aromatic rings. The van der Waals surface area contributed by atoms with Crippen molar-refractivity contribution in [2.45, 2.75) is 25.7 Å². The summed E-state index contributed by atoms with van der Waals surface area (Å²) in [7, 11) is 1.76. The fourth-order valence-electron chi connectivity index (χ4n) is 1.50. The van der Waals surface area contributed by atoms with Crippen LogP contribution in [0.2, 0.25) is 5.02 Å². The molecule has 1 aromatic carbocycles. The van der Waals surface area contributed by atoms with E-state index in [0.717, 1.165) is 23.7 Å². The van der Waals surface area contributed by atoms with E-state index in [2.05, 4.69) is 15.9 Å². The zero-order chi connectivity index (χ0) is 14.3. The summed E-state index contributed by atoms with van der Waals surface area (Å²) in [5.74, 6) is 0.696. The van der Waals surface area contributed by atoms with Gasteiger partial charge in [-0.3, -0.25) is 0 Å². The number of benzene rings is 1. The molecule has 108 valence electrons. The molecule has 3 nitrogen and oxygen atoms in total. The van der Waals surface area contributed by atoms with Crippen molar-refractivity contribution in [3.8, 4) is 5.75 Å². The Morgan fingerprint density at radius 1 is 1.16 bits per heavy atom. The van der Waals surface area contributed by atoms with E-state index in [-0.39, 0.29) is 5.75 Å². The van der Waals surface area contributed by atoms with Crippen LogP contribution < -0.4 is 4.74 Å². The predicted molar refractivity (Wildman–Crippen MR) is 82.8 cm³/mol. The highest BCUT2D eigenvalue weighted by molar-refractivity contribution is 9.10. The SMILES string of the molecule is O=S(=O)(Cl)CCCCCCOc1ccc(Br)cc1Cl. The van der Waals surface area contributed by atoms with Gasteiger partial charge in [0.1, 0.15) is 5.75 Å². The Balaban J connectivity index is 2.14. The largest absolute Gasteiger partial charge is 0.492 e. The first-order chi connectivity index (χ1) is 8.88. The Kier molecular flexibility index (Phi) is 7.50. The van der Waals surface area contributed by atoms with Crippen molar-refractivity contribution >= 4 is 47.3 Å². The van der Waals surface area contributed by atoms with Crippen molar-refractivity contribution < 1.29 is 13.2 Å². The number of rotatable bonds is 8. The van der Waals surface area contributed by atoms with Crippen molar-refractivity contribution in [1.29, 1.82) is 0 Å². The highest BCUT2D eigenvalue weighted by atomic mass is 79.9. The average molecular weight is 390 g/mol. The maximum Gasteiger partial charge on any atom is 0.232 e. The molecule has 0 radical (unpaired) electrons. The number of halogens is 3. The first kappa shape index (κ1) is 17.1. The molecule has 0 aliphatic heterocycles. The fraction of sp³-hybridized carbons (Fsp3) is 0.500. The van der Waals surface area contributed by atoms with Crippen LogP contribution in [0.3, 0.4) is 0 Å². The lowest BCUT2D eigenvalue weighted by Crippen LogP contribution is -2.00. The average Bonchev–Trinajstić information content (AvgIpc) is 2.29. The summed E-state index contributed by atoms with van der Waals surface area (Å²) in [6, 6.07) is 5.46. The number of unbranched alkanes of at least 4 members (excludes halogenated alkanes) is 3. The minimum Gasteiger partial charge on any atom is -0.492 e. The van der Waals surface area contributed by atoms with Crippen LogP contribution >= 0.6 is 38.2 Å². The van der Waals surface area contributed by atoms with Gasteiger partial charge in [0.05, 0.1) is 17.4 Å². The molecule has 0 aliphatic rings. The molecule has 0 atom stereocenters. The van der Waals surface area contributed by atoms with Gasteiger partial charge in [0, 0.05) is 15.2 Å². The Morgan fingerprint density at radius 2 is 1.84 bits per heavy atom. The number of hydrogen-bond donors (Lipinski definition) is 0. The maximum absolute atomic E-state index is 10.7. The third kappa shape index (κ3) is 8.02. The van der Waals surface area contributed by atoms with Crippen LogP contribution in [0.25, 0.3) is 0 Å². The third-order valence-electron chi connectivity index (χ3n) is 2.43. The lowest BCUT2D eigenvalue weighted by Gasteiger charge is -2.08. The number of ether oxygens (including phenoxy) is 1. The summed E-state index contributed by atoms with van der Waals surface area (Å²) in [6.07, 6.45) is 3.17. The van der Waals surface area contributed by atoms with E-state index in [1.807, 2.05) is 12.1 Å². The molecule has 0 N–H and O–H groups in total. The Labute approximate surface area is 131 Å². The fourth-order valence-corrected chi connectivity index (χ4v) is 3.11. The summed E-state index contributed by atoms with van der Waals surface area (Å²) >= 11 is 9.33. The van der Waals surface area contributed by atoms with Gasteiger partial charge in [0.25, 0.3) is 0 Å². The van der Waals surface area contributed by atoms with Gasteiger partial charge >= 0.3 is 0 Å². The first-order valence-electron chi connectivity index (χ1n) is 5.89. The second-order valence-electron chi connectivity index (χ2n) is 4.08. The molecule has 0 aliphatic carbocycles. The van der Waals surface area contributed by atoms with Gasteiger partial charge in [0.2, 0.25) is 9.05 Å². The molecule has 0 fully saturated rings. The molecule has 1 rings (SSSR count). The van der Waals surface area contributed by atoms with Crippen molar-refractivity contribution in [2.24, 2.45) is 0 Å². The third-order valence-corrected chi connectivity index (χ3v) is 4.46. The van der Waals surface area contributed by atoms with Crippen molar-refractivity contribution in [3.63, 3.8) is 0 Å². The highest BCUT2D eigenvalue weighted by Crippen LogP contribution is 2.27. The van der Waals surface area contributed by atoms with E-state index < -0.39 is 9.05 Å². The van der Waals surface area contributed by atoms with Crippen molar-refractivity contribution in [3.05, 3.63) is 27.7 Å². The smallest absolute Gasteiger partial charge is 0.232 e. The molecule has 0 bridgehead atoms. The van der Waals surface area contributed by atoms with Gasteiger partial charge < -0.3 is 4.74 Å². The molecule has 0 unspecified atom stereocenters. The molecule has 0 amide bonds. The minimum atomic E-state index is -3.35. The Bertz CT molecular complexity index is 506. The van der Waals surface area contributed by atoms with Gasteiger partial charge in [0.15, 0.2) is 0 Å².